The van der Waals surface area contributed by atoms with Gasteiger partial charge in [-0.05, 0) is 23.6 Å². The molecular formula is C26H26O6. The maximum atomic E-state index is 10.7. The van der Waals surface area contributed by atoms with E-state index in [1.807, 2.05) is 12.1 Å². The molecular weight excluding hydrogens is 408 g/mol. The maximum Gasteiger partial charge on any atom is 0.226 e. The summed E-state index contributed by atoms with van der Waals surface area (Å²) in [5.41, 5.74) is 10.8. The lowest BCUT2D eigenvalue weighted by Crippen LogP contribution is -2.65. The molecule has 4 aliphatic rings. The van der Waals surface area contributed by atoms with Crippen LogP contribution < -0.4 is 0 Å². The molecule has 0 amide bonds. The van der Waals surface area contributed by atoms with Crippen LogP contribution in [-0.2, 0) is 9.47 Å². The highest BCUT2D eigenvalue weighted by Crippen LogP contribution is 2.45. The molecule has 1 aromatic carbocycles. The number of fused-ring (bicyclic) bond motifs is 2. The third-order valence-electron chi connectivity index (χ3n) is 6.57. The number of benzene rings is 1. The summed E-state index contributed by atoms with van der Waals surface area (Å²) >= 11 is 0. The van der Waals surface area contributed by atoms with E-state index in [2.05, 4.69) is 54.0 Å². The number of hydrogen-bond donors (Lipinski definition) is 4. The van der Waals surface area contributed by atoms with Gasteiger partial charge in [-0.3, -0.25) is 0 Å². The summed E-state index contributed by atoms with van der Waals surface area (Å²) in [6.45, 7) is -0.382. The molecule has 4 unspecified atom stereocenters. The zero-order chi connectivity index (χ0) is 22.3. The third kappa shape index (κ3) is 3.57. The Hall–Kier alpha value is -2.50. The molecule has 6 nitrogen and oxygen atoms in total. The zero-order valence-electron chi connectivity index (χ0n) is 17.5. The molecule has 4 N–H and O–H groups in total. The summed E-state index contributed by atoms with van der Waals surface area (Å²) in [6, 6.07) is 10.4. The molecule has 2 aliphatic heterocycles. The van der Waals surface area contributed by atoms with Crippen molar-refractivity contribution in [3.63, 3.8) is 0 Å². The van der Waals surface area contributed by atoms with Gasteiger partial charge in [0.1, 0.15) is 24.4 Å². The molecule has 1 aromatic rings. The second kappa shape index (κ2) is 8.45. The van der Waals surface area contributed by atoms with Crippen molar-refractivity contribution in [2.75, 3.05) is 13.2 Å². The van der Waals surface area contributed by atoms with Crippen LogP contribution in [0.5, 0.6) is 0 Å². The van der Waals surface area contributed by atoms with Crippen molar-refractivity contribution in [3.05, 3.63) is 94.0 Å². The molecule has 6 heteroatoms. The van der Waals surface area contributed by atoms with Crippen LogP contribution in [0.15, 0.2) is 88.4 Å². The lowest BCUT2D eigenvalue weighted by atomic mass is 9.84. The molecule has 1 spiro atoms. The number of aliphatic hydroxyl groups is 4. The summed E-state index contributed by atoms with van der Waals surface area (Å²) in [6.07, 6.45) is 4.44. The minimum Gasteiger partial charge on any atom is -0.394 e. The average molecular weight is 434 g/mol. The van der Waals surface area contributed by atoms with E-state index in [9.17, 15) is 20.4 Å². The SMILES string of the molecule is OCC1O[C@]2(OCC3=C=C=C(CC4=CCC(c5ccccc5)C=C4)C=C32)C(O)C(O)[C@@H]1O. The number of hydrogen-bond acceptors (Lipinski definition) is 6. The standard InChI is InChI=1S/C26H26O6/c27-14-22-23(28)24(29)25(30)26(32-22)21-13-17(8-11-20(21)15-31-26)12-16-6-9-19(10-7-16)18-4-2-1-3-5-18/h1-7,9,13,19,22-25,27-30H,10,12,14-15H2/t19?,22?,23-,24?,25?,26+/m1/s1. The van der Waals surface area contributed by atoms with Crippen LogP contribution in [-0.4, -0.2) is 63.8 Å². The highest BCUT2D eigenvalue weighted by Gasteiger charge is 2.59. The Labute approximate surface area is 186 Å². The Kier molecular flexibility index (Phi) is 5.64. The summed E-state index contributed by atoms with van der Waals surface area (Å²) in [4.78, 5) is 0. The van der Waals surface area contributed by atoms with E-state index >= 15 is 0 Å². The van der Waals surface area contributed by atoms with Crippen molar-refractivity contribution in [2.45, 2.75) is 49.0 Å². The fourth-order valence-corrected chi connectivity index (χ4v) is 4.74. The van der Waals surface area contributed by atoms with E-state index in [4.69, 9.17) is 9.47 Å². The van der Waals surface area contributed by atoms with E-state index in [0.717, 1.165) is 17.6 Å². The van der Waals surface area contributed by atoms with Gasteiger partial charge >= 0.3 is 0 Å². The first-order chi connectivity index (χ1) is 15.5. The lowest BCUT2D eigenvalue weighted by Gasteiger charge is -2.46. The van der Waals surface area contributed by atoms with E-state index < -0.39 is 36.8 Å². The van der Waals surface area contributed by atoms with Crippen molar-refractivity contribution in [2.24, 2.45) is 0 Å². The van der Waals surface area contributed by atoms with Crippen LogP contribution in [0.3, 0.4) is 0 Å². The van der Waals surface area contributed by atoms with Crippen LogP contribution >= 0.6 is 0 Å². The van der Waals surface area contributed by atoms with Crippen molar-refractivity contribution < 1.29 is 29.9 Å². The molecule has 0 bridgehead atoms. The van der Waals surface area contributed by atoms with Crippen LogP contribution in [0.2, 0.25) is 0 Å². The molecule has 166 valence electrons. The van der Waals surface area contributed by atoms with Gasteiger partial charge in [0.15, 0.2) is 0 Å². The molecule has 2 aliphatic carbocycles. The largest absolute Gasteiger partial charge is 0.394 e. The predicted octanol–water partition coefficient (Wildman–Crippen LogP) is 1.79. The van der Waals surface area contributed by atoms with Gasteiger partial charge in [-0.25, -0.2) is 0 Å². The molecule has 0 aromatic heterocycles. The molecule has 2 saturated heterocycles. The van der Waals surface area contributed by atoms with Crippen LogP contribution in [0, 0.1) is 0 Å². The first-order valence-electron chi connectivity index (χ1n) is 10.9. The van der Waals surface area contributed by atoms with Gasteiger partial charge < -0.3 is 29.9 Å². The molecule has 6 atom stereocenters. The highest BCUT2D eigenvalue weighted by molar-refractivity contribution is 5.50. The highest BCUT2D eigenvalue weighted by atomic mass is 16.7. The predicted molar refractivity (Wildman–Crippen MR) is 116 cm³/mol. The van der Waals surface area contributed by atoms with Crippen molar-refractivity contribution in [1.29, 1.82) is 0 Å². The quantitative estimate of drug-likeness (QED) is 0.540. The third-order valence-corrected chi connectivity index (χ3v) is 6.57. The van der Waals surface area contributed by atoms with Crippen molar-refractivity contribution in [1.82, 2.24) is 0 Å². The van der Waals surface area contributed by atoms with Gasteiger partial charge in [0.25, 0.3) is 0 Å². The first-order valence-corrected chi connectivity index (χ1v) is 10.9. The molecule has 5 rings (SSSR count). The topological polar surface area (TPSA) is 99.4 Å². The number of aliphatic hydroxyl groups excluding tert-OH is 4. The Balaban J connectivity index is 1.36. The summed E-state index contributed by atoms with van der Waals surface area (Å²) < 4.78 is 11.6. The molecule has 2 heterocycles. The number of ether oxygens (including phenoxy) is 2. The van der Waals surface area contributed by atoms with Crippen LogP contribution in [0.4, 0.5) is 0 Å². The number of rotatable bonds is 4. The van der Waals surface area contributed by atoms with Gasteiger partial charge in [-0.2, -0.15) is 0 Å². The Morgan fingerprint density at radius 2 is 1.88 bits per heavy atom. The fourth-order valence-electron chi connectivity index (χ4n) is 4.74. The summed E-state index contributed by atoms with van der Waals surface area (Å²) in [5, 5.41) is 40.7. The molecule has 0 radical (unpaired) electrons. The minimum absolute atomic E-state index is 0.130. The zero-order valence-corrected chi connectivity index (χ0v) is 17.5. The Bertz CT molecular complexity index is 1080. The van der Waals surface area contributed by atoms with Gasteiger partial charge in [0, 0.05) is 29.1 Å². The fraction of sp³-hybridized carbons (Fsp3) is 0.385. The van der Waals surface area contributed by atoms with Crippen molar-refractivity contribution >= 4 is 0 Å². The minimum atomic E-state index is -1.66. The van der Waals surface area contributed by atoms with Crippen LogP contribution in [0.25, 0.3) is 0 Å². The van der Waals surface area contributed by atoms with Gasteiger partial charge in [0.2, 0.25) is 5.79 Å². The molecule has 32 heavy (non-hydrogen) atoms. The lowest BCUT2D eigenvalue weighted by molar-refractivity contribution is -0.335. The summed E-state index contributed by atoms with van der Waals surface area (Å²) in [7, 11) is 0. The smallest absolute Gasteiger partial charge is 0.226 e. The van der Waals surface area contributed by atoms with Crippen molar-refractivity contribution in [3.8, 4) is 0 Å². The maximum absolute atomic E-state index is 10.7. The number of allylic oxidation sites excluding steroid dienone is 6. The Morgan fingerprint density at radius 3 is 2.59 bits per heavy atom. The van der Waals surface area contributed by atoms with E-state index in [-0.39, 0.29) is 6.61 Å². The molecule has 0 saturated carbocycles. The van der Waals surface area contributed by atoms with E-state index in [1.54, 1.807) is 0 Å². The van der Waals surface area contributed by atoms with Crippen LogP contribution in [0.1, 0.15) is 24.3 Å². The van der Waals surface area contributed by atoms with E-state index in [0.29, 0.717) is 23.5 Å². The first kappa shape index (κ1) is 21.4. The monoisotopic (exact) mass is 434 g/mol. The Morgan fingerprint density at radius 1 is 1.06 bits per heavy atom. The normalized spacial score (nSPS) is 35.8. The van der Waals surface area contributed by atoms with Gasteiger partial charge in [-0.15, -0.1) is 0 Å². The molecule has 2 fully saturated rings. The van der Waals surface area contributed by atoms with Gasteiger partial charge in [-0.1, -0.05) is 60.0 Å². The second-order valence-electron chi connectivity index (χ2n) is 8.60. The summed E-state index contributed by atoms with van der Waals surface area (Å²) in [5.74, 6) is -1.29. The second-order valence-corrected chi connectivity index (χ2v) is 8.60. The average Bonchev–Trinajstić information content (AvgIpc) is 3.20. The van der Waals surface area contributed by atoms with E-state index in [1.165, 1.54) is 5.56 Å². The van der Waals surface area contributed by atoms with Gasteiger partial charge in [0.05, 0.1) is 13.2 Å².